The molecule has 2 rings (SSSR count). The van der Waals surface area contributed by atoms with Gasteiger partial charge < -0.3 is 10.8 Å². The number of phenolic OH excluding ortho intramolecular Hbond substituents is 1. The first-order valence-corrected chi connectivity index (χ1v) is 4.50. The van der Waals surface area contributed by atoms with Crippen molar-refractivity contribution in [1.29, 1.82) is 5.26 Å². The van der Waals surface area contributed by atoms with E-state index in [9.17, 15) is 5.11 Å². The summed E-state index contributed by atoms with van der Waals surface area (Å²) in [5.74, 6) is 0.140. The molecule has 4 heteroatoms. The molecule has 1 heterocycles. The van der Waals surface area contributed by atoms with Crippen LogP contribution in [-0.4, -0.2) is 5.11 Å². The molecule has 0 unspecified atom stereocenters. The number of rotatable bonds is 0. The fourth-order valence-electron chi connectivity index (χ4n) is 1.27. The predicted octanol–water partition coefficient (Wildman–Crippen LogP) is 2.06. The zero-order chi connectivity index (χ0) is 9.42. The number of benzene rings is 1. The lowest BCUT2D eigenvalue weighted by atomic mass is 10.1. The van der Waals surface area contributed by atoms with Crippen molar-refractivity contribution in [1.82, 2.24) is 0 Å². The number of anilines is 1. The van der Waals surface area contributed by atoms with Crippen LogP contribution >= 0.6 is 11.3 Å². The summed E-state index contributed by atoms with van der Waals surface area (Å²) in [7, 11) is 0. The van der Waals surface area contributed by atoms with E-state index in [1.54, 1.807) is 6.07 Å². The van der Waals surface area contributed by atoms with E-state index in [4.69, 9.17) is 11.0 Å². The second-order valence-electron chi connectivity index (χ2n) is 2.64. The Hall–Kier alpha value is -1.73. The first-order valence-electron chi connectivity index (χ1n) is 3.63. The molecule has 0 saturated carbocycles. The molecular formula is C9H6N2OS. The molecule has 3 N–H and O–H groups in total. The average molecular weight is 190 g/mol. The van der Waals surface area contributed by atoms with Crippen molar-refractivity contribution in [3.8, 4) is 11.8 Å². The molecule has 0 spiro atoms. The Morgan fingerprint density at radius 2 is 2.31 bits per heavy atom. The van der Waals surface area contributed by atoms with E-state index in [1.165, 1.54) is 17.4 Å². The van der Waals surface area contributed by atoms with Crippen molar-refractivity contribution in [2.75, 3.05) is 5.73 Å². The lowest BCUT2D eigenvalue weighted by molar-refractivity contribution is 0.483. The van der Waals surface area contributed by atoms with Gasteiger partial charge >= 0.3 is 0 Å². The summed E-state index contributed by atoms with van der Waals surface area (Å²) in [6, 6.07) is 5.22. The summed E-state index contributed by atoms with van der Waals surface area (Å²) in [5.41, 5.74) is 6.34. The van der Waals surface area contributed by atoms with Gasteiger partial charge in [-0.3, -0.25) is 0 Å². The highest BCUT2D eigenvalue weighted by atomic mass is 32.1. The van der Waals surface area contributed by atoms with E-state index in [-0.39, 0.29) is 5.75 Å². The Morgan fingerprint density at radius 3 is 3.00 bits per heavy atom. The van der Waals surface area contributed by atoms with Crippen LogP contribution in [0.4, 0.5) is 5.69 Å². The van der Waals surface area contributed by atoms with Gasteiger partial charge in [0.1, 0.15) is 11.8 Å². The van der Waals surface area contributed by atoms with E-state index >= 15 is 0 Å². The van der Waals surface area contributed by atoms with Gasteiger partial charge in [-0.1, -0.05) is 0 Å². The van der Waals surface area contributed by atoms with E-state index in [1.807, 2.05) is 11.4 Å². The molecule has 0 aliphatic heterocycles. The van der Waals surface area contributed by atoms with Gasteiger partial charge in [0.05, 0.1) is 16.0 Å². The summed E-state index contributed by atoms with van der Waals surface area (Å²) in [6.45, 7) is 0. The number of nitrogen functional groups attached to an aromatic ring is 1. The van der Waals surface area contributed by atoms with E-state index in [0.717, 1.165) is 5.39 Å². The summed E-state index contributed by atoms with van der Waals surface area (Å²) in [6.07, 6.45) is 0. The quantitative estimate of drug-likeness (QED) is 0.624. The Kier molecular flexibility index (Phi) is 1.61. The number of nitrogens with zero attached hydrogens (tertiary/aromatic N) is 1. The minimum atomic E-state index is 0.140. The SMILES string of the molecule is N#Cc1c(N)cc(O)c2sccc12. The van der Waals surface area contributed by atoms with E-state index < -0.39 is 0 Å². The first-order chi connectivity index (χ1) is 6.24. The summed E-state index contributed by atoms with van der Waals surface area (Å²) >= 11 is 1.40. The molecule has 0 aliphatic rings. The van der Waals surface area contributed by atoms with Crippen LogP contribution in [0.1, 0.15) is 5.56 Å². The Morgan fingerprint density at radius 1 is 1.54 bits per heavy atom. The standard InChI is InChI=1S/C9H6N2OS/c10-4-6-5-1-2-13-9(5)8(12)3-7(6)11/h1-3,12H,11H2. The number of nitrogens with two attached hydrogens (primary N) is 1. The lowest BCUT2D eigenvalue weighted by Crippen LogP contribution is -1.89. The van der Waals surface area contributed by atoms with E-state index in [2.05, 4.69) is 0 Å². The third kappa shape index (κ3) is 1.02. The number of nitriles is 1. The largest absolute Gasteiger partial charge is 0.506 e. The van der Waals surface area contributed by atoms with Crippen LogP contribution in [0.15, 0.2) is 17.5 Å². The van der Waals surface area contributed by atoms with Crippen LogP contribution in [0.5, 0.6) is 5.75 Å². The Bertz CT molecular complexity index is 510. The van der Waals surface area contributed by atoms with Crippen molar-refractivity contribution in [2.45, 2.75) is 0 Å². The monoisotopic (exact) mass is 190 g/mol. The molecule has 0 atom stereocenters. The predicted molar refractivity (Wildman–Crippen MR) is 52.6 cm³/mol. The van der Waals surface area contributed by atoms with Gasteiger partial charge in [0.15, 0.2) is 0 Å². The van der Waals surface area contributed by atoms with Crippen LogP contribution in [0, 0.1) is 11.3 Å². The highest BCUT2D eigenvalue weighted by molar-refractivity contribution is 7.17. The molecule has 0 bridgehead atoms. The van der Waals surface area contributed by atoms with Crippen molar-refractivity contribution >= 4 is 27.1 Å². The molecular weight excluding hydrogens is 184 g/mol. The average Bonchev–Trinajstić information content (AvgIpc) is 2.53. The normalized spacial score (nSPS) is 10.1. The third-order valence-electron chi connectivity index (χ3n) is 1.86. The fraction of sp³-hybridized carbons (Fsp3) is 0. The van der Waals surface area contributed by atoms with Crippen molar-refractivity contribution in [2.24, 2.45) is 0 Å². The molecule has 64 valence electrons. The molecule has 2 aromatic rings. The number of thiophene rings is 1. The van der Waals surface area contributed by atoms with Gasteiger partial charge in [0.2, 0.25) is 0 Å². The van der Waals surface area contributed by atoms with Crippen molar-refractivity contribution < 1.29 is 5.11 Å². The maximum atomic E-state index is 9.48. The summed E-state index contributed by atoms with van der Waals surface area (Å²) in [4.78, 5) is 0. The molecule has 0 radical (unpaired) electrons. The highest BCUT2D eigenvalue weighted by Crippen LogP contribution is 2.35. The maximum Gasteiger partial charge on any atom is 0.135 e. The number of fused-ring (bicyclic) bond motifs is 1. The minimum absolute atomic E-state index is 0.140. The van der Waals surface area contributed by atoms with Crippen molar-refractivity contribution in [3.05, 3.63) is 23.1 Å². The van der Waals surface area contributed by atoms with Crippen LogP contribution in [0.25, 0.3) is 10.1 Å². The molecule has 1 aromatic heterocycles. The lowest BCUT2D eigenvalue weighted by Gasteiger charge is -2.00. The van der Waals surface area contributed by atoms with Crippen molar-refractivity contribution in [3.63, 3.8) is 0 Å². The number of phenols is 1. The Labute approximate surface area is 78.6 Å². The van der Waals surface area contributed by atoms with Gasteiger partial charge in [-0.15, -0.1) is 11.3 Å². The molecule has 3 nitrogen and oxygen atoms in total. The molecule has 1 aromatic carbocycles. The first kappa shape index (κ1) is 7.90. The van der Waals surface area contributed by atoms with Gasteiger partial charge in [-0.05, 0) is 11.4 Å². The molecule has 0 amide bonds. The van der Waals surface area contributed by atoms with Gasteiger partial charge in [0, 0.05) is 11.5 Å². The van der Waals surface area contributed by atoms with Crippen LogP contribution in [0.2, 0.25) is 0 Å². The molecule has 13 heavy (non-hydrogen) atoms. The number of hydrogen-bond acceptors (Lipinski definition) is 4. The smallest absolute Gasteiger partial charge is 0.135 e. The number of aromatic hydroxyl groups is 1. The summed E-state index contributed by atoms with van der Waals surface area (Å²) < 4.78 is 0.714. The van der Waals surface area contributed by atoms with Gasteiger partial charge in [-0.25, -0.2) is 0 Å². The second kappa shape index (κ2) is 2.64. The fourth-order valence-corrected chi connectivity index (χ4v) is 2.09. The van der Waals surface area contributed by atoms with Gasteiger partial charge in [0.25, 0.3) is 0 Å². The minimum Gasteiger partial charge on any atom is -0.506 e. The molecule has 0 aliphatic carbocycles. The molecule has 0 saturated heterocycles. The second-order valence-corrected chi connectivity index (χ2v) is 3.55. The van der Waals surface area contributed by atoms with Crippen LogP contribution < -0.4 is 5.73 Å². The third-order valence-corrected chi connectivity index (χ3v) is 2.80. The number of hydrogen-bond donors (Lipinski definition) is 2. The van der Waals surface area contributed by atoms with Gasteiger partial charge in [-0.2, -0.15) is 5.26 Å². The molecule has 0 fully saturated rings. The van der Waals surface area contributed by atoms with E-state index in [0.29, 0.717) is 16.0 Å². The topological polar surface area (TPSA) is 70.0 Å². The maximum absolute atomic E-state index is 9.48. The van der Waals surface area contributed by atoms with Crippen LogP contribution in [-0.2, 0) is 0 Å². The Balaban J connectivity index is 2.99. The van der Waals surface area contributed by atoms with Crippen LogP contribution in [0.3, 0.4) is 0 Å². The zero-order valence-corrected chi connectivity index (χ0v) is 7.43. The zero-order valence-electron chi connectivity index (χ0n) is 6.61. The highest BCUT2D eigenvalue weighted by Gasteiger charge is 2.09. The summed E-state index contributed by atoms with van der Waals surface area (Å²) in [5, 5.41) is 20.9.